The lowest BCUT2D eigenvalue weighted by Gasteiger charge is -2.08. The molecule has 128 valence electrons. The summed E-state index contributed by atoms with van der Waals surface area (Å²) >= 11 is 4.80. The molecule has 4 nitrogen and oxygen atoms in total. The summed E-state index contributed by atoms with van der Waals surface area (Å²) in [5.74, 6) is 1.30. The molecule has 0 aromatic carbocycles. The summed E-state index contributed by atoms with van der Waals surface area (Å²) in [7, 11) is 0. The van der Waals surface area contributed by atoms with Gasteiger partial charge < -0.3 is 4.98 Å². The van der Waals surface area contributed by atoms with E-state index in [9.17, 15) is 4.79 Å². The zero-order valence-corrected chi connectivity index (χ0v) is 16.8. The first-order valence-corrected chi connectivity index (χ1v) is 10.7. The molecular weight excluding hydrogens is 358 g/mol. The molecule has 3 heterocycles. The average molecular weight is 380 g/mol. The van der Waals surface area contributed by atoms with Crippen LogP contribution in [0.5, 0.6) is 0 Å². The monoisotopic (exact) mass is 379 g/mol. The van der Waals surface area contributed by atoms with Gasteiger partial charge in [0, 0.05) is 16.0 Å². The van der Waals surface area contributed by atoms with Crippen molar-refractivity contribution in [1.82, 2.24) is 15.0 Å². The largest absolute Gasteiger partial charge is 0.301 e. The van der Waals surface area contributed by atoms with Crippen LogP contribution in [0.4, 0.5) is 0 Å². The van der Waals surface area contributed by atoms with Crippen LogP contribution in [0.15, 0.2) is 15.3 Å². The van der Waals surface area contributed by atoms with Crippen LogP contribution in [0.25, 0.3) is 10.2 Å². The maximum absolute atomic E-state index is 12.6. The molecule has 0 aliphatic carbocycles. The molecular formula is C17H21N3OS3. The topological polar surface area (TPSA) is 58.6 Å². The molecule has 0 saturated carbocycles. The lowest BCUT2D eigenvalue weighted by Crippen LogP contribution is -2.11. The Morgan fingerprint density at radius 2 is 2.12 bits per heavy atom. The highest BCUT2D eigenvalue weighted by molar-refractivity contribution is 7.98. The summed E-state index contributed by atoms with van der Waals surface area (Å²) in [6.07, 6.45) is 2.06. The van der Waals surface area contributed by atoms with Crippen LogP contribution in [0.2, 0.25) is 0 Å². The van der Waals surface area contributed by atoms with E-state index >= 15 is 0 Å². The van der Waals surface area contributed by atoms with Crippen molar-refractivity contribution in [3.63, 3.8) is 0 Å². The van der Waals surface area contributed by atoms with Gasteiger partial charge in [0.1, 0.15) is 4.83 Å². The van der Waals surface area contributed by atoms with Gasteiger partial charge in [-0.3, -0.25) is 4.79 Å². The van der Waals surface area contributed by atoms with Crippen molar-refractivity contribution in [2.45, 2.75) is 51.4 Å². The summed E-state index contributed by atoms with van der Waals surface area (Å²) in [5, 5.41) is 4.57. The minimum atomic E-state index is -0.0142. The third-order valence-corrected chi connectivity index (χ3v) is 6.88. The predicted octanol–water partition coefficient (Wildman–Crippen LogP) is 4.94. The van der Waals surface area contributed by atoms with Gasteiger partial charge in [0.15, 0.2) is 5.16 Å². The van der Waals surface area contributed by atoms with Crippen LogP contribution >= 0.6 is 34.4 Å². The van der Waals surface area contributed by atoms with E-state index in [-0.39, 0.29) is 5.56 Å². The van der Waals surface area contributed by atoms with Gasteiger partial charge in [0.05, 0.1) is 16.1 Å². The Morgan fingerprint density at radius 3 is 2.79 bits per heavy atom. The number of thiazole rings is 1. The first-order valence-electron chi connectivity index (χ1n) is 8.04. The molecule has 7 heteroatoms. The third kappa shape index (κ3) is 3.73. The molecule has 24 heavy (non-hydrogen) atoms. The molecule has 0 radical (unpaired) electrons. The molecule has 3 rings (SSSR count). The maximum Gasteiger partial charge on any atom is 0.260 e. The van der Waals surface area contributed by atoms with Gasteiger partial charge in [-0.2, -0.15) is 0 Å². The number of hydrogen-bond acceptors (Lipinski definition) is 6. The van der Waals surface area contributed by atoms with Crippen molar-refractivity contribution in [2.75, 3.05) is 0 Å². The fourth-order valence-corrected chi connectivity index (χ4v) is 5.16. The van der Waals surface area contributed by atoms with E-state index in [4.69, 9.17) is 0 Å². The smallest absolute Gasteiger partial charge is 0.260 e. The minimum Gasteiger partial charge on any atom is -0.301 e. The zero-order chi connectivity index (χ0) is 17.3. The van der Waals surface area contributed by atoms with Crippen molar-refractivity contribution < 1.29 is 0 Å². The van der Waals surface area contributed by atoms with Crippen molar-refractivity contribution in [3.05, 3.63) is 36.9 Å². The van der Waals surface area contributed by atoms with Gasteiger partial charge in [-0.25, -0.2) is 9.97 Å². The molecule has 0 amide bonds. The van der Waals surface area contributed by atoms with E-state index in [2.05, 4.69) is 41.1 Å². The van der Waals surface area contributed by atoms with E-state index in [1.165, 1.54) is 22.2 Å². The summed E-state index contributed by atoms with van der Waals surface area (Å²) in [5.41, 5.74) is 2.19. The number of hydrogen-bond donors (Lipinski definition) is 1. The van der Waals surface area contributed by atoms with Gasteiger partial charge in [0.25, 0.3) is 5.56 Å². The summed E-state index contributed by atoms with van der Waals surface area (Å²) in [6, 6.07) is 0. The van der Waals surface area contributed by atoms with E-state index in [0.717, 1.165) is 39.5 Å². The molecule has 0 bridgehead atoms. The molecule has 1 N–H and O–H groups in total. The number of aromatic nitrogens is 3. The van der Waals surface area contributed by atoms with Crippen LogP contribution in [0.3, 0.4) is 0 Å². The van der Waals surface area contributed by atoms with Crippen molar-refractivity contribution in [1.29, 1.82) is 0 Å². The fourth-order valence-electron chi connectivity index (χ4n) is 2.58. The average Bonchev–Trinajstić information content (AvgIpc) is 3.09. The Kier molecular flexibility index (Phi) is 5.42. The Labute approximate surface area is 153 Å². The van der Waals surface area contributed by atoms with Crippen LogP contribution < -0.4 is 5.56 Å². The fraction of sp³-hybridized carbons (Fsp3) is 0.471. The number of thiophene rings is 1. The number of aryl methyl sites for hydroxylation is 2. The zero-order valence-electron chi connectivity index (χ0n) is 14.3. The molecule has 0 saturated heterocycles. The SMILES string of the molecule is CC[C@@H](C)Cc1c(C)sc2nc(SCc3csc(C)n3)[nH]c(=O)c12. The van der Waals surface area contributed by atoms with Crippen LogP contribution in [0, 0.1) is 19.8 Å². The molecule has 0 fully saturated rings. The molecule has 0 aliphatic heterocycles. The van der Waals surface area contributed by atoms with Gasteiger partial charge in [0.2, 0.25) is 0 Å². The second kappa shape index (κ2) is 7.37. The van der Waals surface area contributed by atoms with Gasteiger partial charge in [-0.15, -0.1) is 22.7 Å². The number of fused-ring (bicyclic) bond motifs is 1. The normalized spacial score (nSPS) is 12.8. The van der Waals surface area contributed by atoms with Gasteiger partial charge >= 0.3 is 0 Å². The predicted molar refractivity (Wildman–Crippen MR) is 105 cm³/mol. The van der Waals surface area contributed by atoms with Crippen molar-refractivity contribution >= 4 is 44.7 Å². The molecule has 0 unspecified atom stereocenters. The van der Waals surface area contributed by atoms with Crippen LogP contribution in [-0.2, 0) is 12.2 Å². The van der Waals surface area contributed by atoms with E-state index < -0.39 is 0 Å². The Morgan fingerprint density at radius 1 is 1.33 bits per heavy atom. The number of rotatable bonds is 6. The van der Waals surface area contributed by atoms with Gasteiger partial charge in [-0.1, -0.05) is 32.0 Å². The van der Waals surface area contributed by atoms with Crippen LogP contribution in [0.1, 0.15) is 41.4 Å². The van der Waals surface area contributed by atoms with Crippen molar-refractivity contribution in [3.8, 4) is 0 Å². The first-order chi connectivity index (χ1) is 11.5. The third-order valence-electron chi connectivity index (χ3n) is 4.11. The minimum absolute atomic E-state index is 0.0142. The summed E-state index contributed by atoms with van der Waals surface area (Å²) in [4.78, 5) is 26.7. The second-order valence-electron chi connectivity index (χ2n) is 6.05. The number of thioether (sulfide) groups is 1. The molecule has 1 atom stereocenters. The standard InChI is InChI=1S/C17H21N3OS3/c1-5-9(2)6-13-10(3)24-16-14(13)15(21)19-17(20-16)23-8-12-7-22-11(4)18-12/h7,9H,5-6,8H2,1-4H3,(H,19,20,21)/t9-/m1/s1. The highest BCUT2D eigenvalue weighted by atomic mass is 32.2. The Balaban J connectivity index is 1.89. The van der Waals surface area contributed by atoms with Gasteiger partial charge in [-0.05, 0) is 31.7 Å². The number of aromatic amines is 1. The van der Waals surface area contributed by atoms with E-state index in [1.54, 1.807) is 22.7 Å². The van der Waals surface area contributed by atoms with Crippen molar-refractivity contribution in [2.24, 2.45) is 5.92 Å². The number of H-pyrrole nitrogens is 1. The molecule has 3 aromatic rings. The highest BCUT2D eigenvalue weighted by Gasteiger charge is 2.17. The lowest BCUT2D eigenvalue weighted by atomic mass is 9.98. The number of nitrogens with zero attached hydrogens (tertiary/aromatic N) is 2. The Hall–Kier alpha value is -1.18. The molecule has 0 spiro atoms. The van der Waals surface area contributed by atoms with Crippen LogP contribution in [-0.4, -0.2) is 15.0 Å². The maximum atomic E-state index is 12.6. The Bertz CT molecular complexity index is 910. The first kappa shape index (κ1) is 17.6. The van der Waals surface area contributed by atoms with E-state index in [1.807, 2.05) is 6.92 Å². The molecule has 0 aliphatic rings. The summed E-state index contributed by atoms with van der Waals surface area (Å²) < 4.78 is 0. The second-order valence-corrected chi connectivity index (χ2v) is 9.28. The highest BCUT2D eigenvalue weighted by Crippen LogP contribution is 2.31. The molecule has 3 aromatic heterocycles. The lowest BCUT2D eigenvalue weighted by molar-refractivity contribution is 0.561. The number of nitrogens with one attached hydrogen (secondary N) is 1. The quantitative estimate of drug-likeness (QED) is 0.487. The summed E-state index contributed by atoms with van der Waals surface area (Å²) in [6.45, 7) is 8.50. The van der Waals surface area contributed by atoms with E-state index in [0.29, 0.717) is 11.1 Å².